The Kier molecular flexibility index (Phi) is 2.84. The quantitative estimate of drug-likeness (QED) is 0.781. The van der Waals surface area contributed by atoms with Crippen molar-refractivity contribution in [1.29, 1.82) is 0 Å². The average molecular weight is 252 g/mol. The highest BCUT2D eigenvalue weighted by molar-refractivity contribution is 7.21. The summed E-state index contributed by atoms with van der Waals surface area (Å²) in [5.41, 5.74) is 12.5. The van der Waals surface area contributed by atoms with Crippen molar-refractivity contribution in [2.45, 2.75) is 13.8 Å². The molecule has 0 radical (unpaired) electrons. The Hall–Kier alpha value is -1.89. The SMILES string of the molecule is CCOC(=O)c1sc2nc(N)nc(C)c2c1N. The zero-order chi connectivity index (χ0) is 12.6. The number of carbonyl (C=O) groups is 1. The molecule has 4 N–H and O–H groups in total. The molecule has 0 aliphatic heterocycles. The molecule has 17 heavy (non-hydrogen) atoms. The van der Waals surface area contributed by atoms with Crippen LogP contribution in [0.5, 0.6) is 0 Å². The molecule has 2 heterocycles. The lowest BCUT2D eigenvalue weighted by Gasteiger charge is -2.00. The molecule has 0 bridgehead atoms. The largest absolute Gasteiger partial charge is 0.462 e. The van der Waals surface area contributed by atoms with Crippen LogP contribution in [0.4, 0.5) is 11.6 Å². The Morgan fingerprint density at radius 3 is 2.76 bits per heavy atom. The van der Waals surface area contributed by atoms with E-state index in [0.29, 0.717) is 33.1 Å². The van der Waals surface area contributed by atoms with E-state index in [4.69, 9.17) is 16.2 Å². The smallest absolute Gasteiger partial charge is 0.350 e. The maximum Gasteiger partial charge on any atom is 0.350 e. The molecule has 0 spiro atoms. The Morgan fingerprint density at radius 2 is 2.12 bits per heavy atom. The highest BCUT2D eigenvalue weighted by Gasteiger charge is 2.20. The van der Waals surface area contributed by atoms with Gasteiger partial charge in [-0.3, -0.25) is 0 Å². The van der Waals surface area contributed by atoms with Crippen LogP contribution >= 0.6 is 11.3 Å². The van der Waals surface area contributed by atoms with E-state index in [-0.39, 0.29) is 5.95 Å². The fraction of sp³-hybridized carbons (Fsp3) is 0.300. The number of nitrogens with two attached hydrogens (primary N) is 2. The number of fused-ring (bicyclic) bond motifs is 1. The van der Waals surface area contributed by atoms with Gasteiger partial charge in [0.1, 0.15) is 9.71 Å². The third-order valence-electron chi connectivity index (χ3n) is 2.25. The molecule has 6 nitrogen and oxygen atoms in total. The van der Waals surface area contributed by atoms with E-state index in [9.17, 15) is 4.79 Å². The minimum atomic E-state index is -0.439. The standard InChI is InChI=1S/C10H12N4O2S/c1-3-16-9(15)7-6(11)5-4(2)13-10(12)14-8(5)17-7/h3,11H2,1-2H3,(H2,12,13,14). The number of nitrogen functional groups attached to an aromatic ring is 2. The van der Waals surface area contributed by atoms with Gasteiger partial charge < -0.3 is 16.2 Å². The van der Waals surface area contributed by atoms with Gasteiger partial charge in [0, 0.05) is 0 Å². The van der Waals surface area contributed by atoms with Gasteiger partial charge in [-0.25, -0.2) is 14.8 Å². The molecule has 0 aliphatic rings. The predicted molar refractivity (Wildman–Crippen MR) is 66.9 cm³/mol. The molecule has 7 heteroatoms. The third kappa shape index (κ3) is 1.89. The van der Waals surface area contributed by atoms with Crippen LogP contribution in [0.2, 0.25) is 0 Å². The monoisotopic (exact) mass is 252 g/mol. The molecule has 0 fully saturated rings. The molecule has 0 amide bonds. The van der Waals surface area contributed by atoms with Crippen molar-refractivity contribution in [3.8, 4) is 0 Å². The second-order valence-corrected chi connectivity index (χ2v) is 4.41. The summed E-state index contributed by atoms with van der Waals surface area (Å²) in [6.45, 7) is 3.82. The van der Waals surface area contributed by atoms with Gasteiger partial charge in [0.15, 0.2) is 0 Å². The van der Waals surface area contributed by atoms with Crippen LogP contribution in [0.3, 0.4) is 0 Å². The topological polar surface area (TPSA) is 104 Å². The molecule has 2 aromatic rings. The summed E-state index contributed by atoms with van der Waals surface area (Å²) in [7, 11) is 0. The number of ether oxygens (including phenoxy) is 1. The van der Waals surface area contributed by atoms with Crippen LogP contribution < -0.4 is 11.5 Å². The fourth-order valence-electron chi connectivity index (χ4n) is 1.56. The maximum absolute atomic E-state index is 11.7. The van der Waals surface area contributed by atoms with E-state index in [1.54, 1.807) is 13.8 Å². The maximum atomic E-state index is 11.7. The molecule has 0 atom stereocenters. The first-order chi connectivity index (χ1) is 8.04. The normalized spacial score (nSPS) is 10.7. The Bertz CT molecular complexity index is 593. The molecular weight excluding hydrogens is 240 g/mol. The first kappa shape index (κ1) is 11.6. The number of hydrogen-bond donors (Lipinski definition) is 2. The van der Waals surface area contributed by atoms with Crippen LogP contribution in [0, 0.1) is 6.92 Å². The van der Waals surface area contributed by atoms with Gasteiger partial charge in [-0.1, -0.05) is 0 Å². The van der Waals surface area contributed by atoms with Gasteiger partial charge in [0.25, 0.3) is 0 Å². The highest BCUT2D eigenvalue weighted by atomic mass is 32.1. The predicted octanol–water partition coefficient (Wildman–Crippen LogP) is 1.34. The van der Waals surface area contributed by atoms with Gasteiger partial charge in [-0.15, -0.1) is 11.3 Å². The molecule has 0 aliphatic carbocycles. The van der Waals surface area contributed by atoms with Crippen molar-refractivity contribution in [3.63, 3.8) is 0 Å². The van der Waals surface area contributed by atoms with E-state index in [1.165, 1.54) is 11.3 Å². The van der Waals surface area contributed by atoms with Gasteiger partial charge in [-0.2, -0.15) is 0 Å². The van der Waals surface area contributed by atoms with E-state index in [0.717, 1.165) is 0 Å². The highest BCUT2D eigenvalue weighted by Crippen LogP contribution is 2.34. The average Bonchev–Trinajstić information content (AvgIpc) is 2.56. The Balaban J connectivity index is 2.64. The number of esters is 1. The number of anilines is 2. The molecule has 0 saturated heterocycles. The fourth-order valence-corrected chi connectivity index (χ4v) is 2.61. The van der Waals surface area contributed by atoms with Crippen molar-refractivity contribution < 1.29 is 9.53 Å². The lowest BCUT2D eigenvalue weighted by molar-refractivity contribution is 0.0533. The van der Waals surface area contributed by atoms with Crippen LogP contribution in [-0.2, 0) is 4.74 Å². The number of thiophene rings is 1. The molecule has 0 aromatic carbocycles. The van der Waals surface area contributed by atoms with E-state index >= 15 is 0 Å². The molecule has 2 rings (SSSR count). The van der Waals surface area contributed by atoms with Gasteiger partial charge >= 0.3 is 5.97 Å². The molecule has 0 unspecified atom stereocenters. The third-order valence-corrected chi connectivity index (χ3v) is 3.33. The minimum absolute atomic E-state index is 0.173. The summed E-state index contributed by atoms with van der Waals surface area (Å²) in [4.78, 5) is 20.7. The first-order valence-electron chi connectivity index (χ1n) is 5.03. The Morgan fingerprint density at radius 1 is 1.41 bits per heavy atom. The van der Waals surface area contributed by atoms with Crippen molar-refractivity contribution in [2.75, 3.05) is 18.1 Å². The summed E-state index contributed by atoms with van der Waals surface area (Å²) >= 11 is 1.17. The first-order valence-corrected chi connectivity index (χ1v) is 5.85. The van der Waals surface area contributed by atoms with Crippen molar-refractivity contribution >= 4 is 39.2 Å². The van der Waals surface area contributed by atoms with Crippen molar-refractivity contribution in [2.24, 2.45) is 0 Å². The second-order valence-electron chi connectivity index (χ2n) is 3.41. The van der Waals surface area contributed by atoms with Gasteiger partial charge in [0.05, 0.1) is 23.4 Å². The number of hydrogen-bond acceptors (Lipinski definition) is 7. The molecule has 90 valence electrons. The summed E-state index contributed by atoms with van der Waals surface area (Å²) in [6, 6.07) is 0. The lowest BCUT2D eigenvalue weighted by Crippen LogP contribution is -2.05. The van der Waals surface area contributed by atoms with E-state index in [1.807, 2.05) is 0 Å². The van der Waals surface area contributed by atoms with Crippen molar-refractivity contribution in [3.05, 3.63) is 10.6 Å². The van der Waals surface area contributed by atoms with E-state index in [2.05, 4.69) is 9.97 Å². The number of nitrogens with zero attached hydrogens (tertiary/aromatic N) is 2. The number of aromatic nitrogens is 2. The lowest BCUT2D eigenvalue weighted by atomic mass is 10.2. The Labute approximate surface area is 102 Å². The van der Waals surface area contributed by atoms with Crippen LogP contribution in [-0.4, -0.2) is 22.5 Å². The number of rotatable bonds is 2. The van der Waals surface area contributed by atoms with Crippen molar-refractivity contribution in [1.82, 2.24) is 9.97 Å². The van der Waals surface area contributed by atoms with Crippen LogP contribution in [0.1, 0.15) is 22.3 Å². The summed E-state index contributed by atoms with van der Waals surface area (Å²) in [5, 5.41) is 0.673. The second kappa shape index (κ2) is 4.17. The van der Waals surface area contributed by atoms with Gasteiger partial charge in [-0.05, 0) is 13.8 Å². The zero-order valence-electron chi connectivity index (χ0n) is 9.48. The number of carbonyl (C=O) groups excluding carboxylic acids is 1. The molecule has 2 aromatic heterocycles. The van der Waals surface area contributed by atoms with E-state index < -0.39 is 5.97 Å². The molecular formula is C10H12N4O2S. The number of aryl methyl sites for hydroxylation is 1. The molecule has 0 saturated carbocycles. The summed E-state index contributed by atoms with van der Waals surface area (Å²) < 4.78 is 4.92. The summed E-state index contributed by atoms with van der Waals surface area (Å²) in [5.74, 6) is -0.266. The zero-order valence-corrected chi connectivity index (χ0v) is 10.3. The summed E-state index contributed by atoms with van der Waals surface area (Å²) in [6.07, 6.45) is 0. The van der Waals surface area contributed by atoms with Crippen LogP contribution in [0.15, 0.2) is 0 Å². The van der Waals surface area contributed by atoms with Gasteiger partial charge in [0.2, 0.25) is 5.95 Å². The minimum Gasteiger partial charge on any atom is -0.462 e. The van der Waals surface area contributed by atoms with Crippen LogP contribution in [0.25, 0.3) is 10.2 Å².